The van der Waals surface area contributed by atoms with E-state index >= 15 is 0 Å². The molecule has 3 N–H and O–H groups in total. The first-order chi connectivity index (χ1) is 15.6. The quantitative estimate of drug-likeness (QED) is 0.518. The number of carbonyl (C=O) groups excluding carboxylic acids is 1. The van der Waals surface area contributed by atoms with Gasteiger partial charge in [-0.2, -0.15) is 0 Å². The topological polar surface area (TPSA) is 135 Å². The highest BCUT2D eigenvalue weighted by atomic mass is 32.2. The molecule has 0 unspecified atom stereocenters. The molecule has 0 aliphatic rings. The lowest BCUT2D eigenvalue weighted by molar-refractivity contribution is 0.0984. The third-order valence-electron chi connectivity index (χ3n) is 5.18. The van der Waals surface area contributed by atoms with Crippen molar-refractivity contribution in [3.8, 4) is 0 Å². The van der Waals surface area contributed by atoms with Gasteiger partial charge in [0.05, 0.1) is 11.4 Å². The van der Waals surface area contributed by atoms with Gasteiger partial charge in [-0.15, -0.1) is 0 Å². The molecule has 3 aromatic rings. The molecule has 10 heteroatoms. The van der Waals surface area contributed by atoms with Crippen molar-refractivity contribution in [2.24, 2.45) is 0 Å². The highest BCUT2D eigenvalue weighted by Crippen LogP contribution is 2.23. The first kappa shape index (κ1) is 24.0. The molecule has 3 rings (SSSR count). The fourth-order valence-electron chi connectivity index (χ4n) is 3.40. The lowest BCUT2D eigenvalue weighted by Crippen LogP contribution is -2.41. The molecular formula is C23H26N4O5S. The average molecular weight is 471 g/mol. The van der Waals surface area contributed by atoms with Crippen LogP contribution in [0.1, 0.15) is 35.7 Å². The number of nitrogens with zero attached hydrogens (tertiary/aromatic N) is 2. The van der Waals surface area contributed by atoms with Crippen LogP contribution in [0.2, 0.25) is 0 Å². The summed E-state index contributed by atoms with van der Waals surface area (Å²) >= 11 is 0. The zero-order chi connectivity index (χ0) is 24.2. The fourth-order valence-corrected chi connectivity index (χ4v) is 4.03. The van der Waals surface area contributed by atoms with Gasteiger partial charge in [-0.1, -0.05) is 43.7 Å². The molecule has 0 aliphatic heterocycles. The van der Waals surface area contributed by atoms with Gasteiger partial charge in [0, 0.05) is 18.4 Å². The van der Waals surface area contributed by atoms with Crippen molar-refractivity contribution >= 4 is 27.2 Å². The minimum Gasteiger partial charge on any atom is -0.383 e. The summed E-state index contributed by atoms with van der Waals surface area (Å²) < 4.78 is 24.8. The SMILES string of the molecule is CCCCn1c(N)c(N(Cc2ccccc2)C(=O)c2ccc(S(C)(=O)=O)cc2)c(=O)[nH]c1=O. The van der Waals surface area contributed by atoms with Crippen LogP contribution in [0.15, 0.2) is 69.1 Å². The predicted molar refractivity (Wildman–Crippen MR) is 127 cm³/mol. The smallest absolute Gasteiger partial charge is 0.330 e. The van der Waals surface area contributed by atoms with Crippen molar-refractivity contribution in [1.29, 1.82) is 0 Å². The van der Waals surface area contributed by atoms with Gasteiger partial charge >= 0.3 is 5.69 Å². The lowest BCUT2D eigenvalue weighted by Gasteiger charge is -2.25. The van der Waals surface area contributed by atoms with Crippen LogP contribution in [0, 0.1) is 0 Å². The van der Waals surface area contributed by atoms with E-state index in [2.05, 4.69) is 4.98 Å². The van der Waals surface area contributed by atoms with Gasteiger partial charge in [-0.3, -0.25) is 24.0 Å². The van der Waals surface area contributed by atoms with E-state index in [0.717, 1.165) is 18.2 Å². The molecule has 1 heterocycles. The normalized spacial score (nSPS) is 11.3. The monoisotopic (exact) mass is 470 g/mol. The number of hydrogen-bond acceptors (Lipinski definition) is 6. The van der Waals surface area contributed by atoms with Crippen LogP contribution in [0.4, 0.5) is 11.5 Å². The van der Waals surface area contributed by atoms with Crippen molar-refractivity contribution < 1.29 is 13.2 Å². The van der Waals surface area contributed by atoms with E-state index < -0.39 is 27.0 Å². The number of nitrogens with two attached hydrogens (primary N) is 1. The molecule has 1 aromatic heterocycles. The molecule has 0 saturated carbocycles. The first-order valence-corrected chi connectivity index (χ1v) is 12.3. The molecule has 0 fully saturated rings. The molecule has 0 bridgehead atoms. The first-order valence-electron chi connectivity index (χ1n) is 10.4. The van der Waals surface area contributed by atoms with Crippen LogP contribution in [0.25, 0.3) is 0 Å². The molecule has 0 atom stereocenters. The Morgan fingerprint density at radius 3 is 2.27 bits per heavy atom. The van der Waals surface area contributed by atoms with Crippen LogP contribution in [-0.2, 0) is 22.9 Å². The summed E-state index contributed by atoms with van der Waals surface area (Å²) in [5.41, 5.74) is 5.61. The number of amides is 1. The lowest BCUT2D eigenvalue weighted by atomic mass is 10.1. The second-order valence-electron chi connectivity index (χ2n) is 7.67. The number of unbranched alkanes of at least 4 members (excludes halogenated alkanes) is 1. The molecular weight excluding hydrogens is 444 g/mol. The Morgan fingerprint density at radius 1 is 1.06 bits per heavy atom. The number of aromatic nitrogens is 2. The fraction of sp³-hybridized carbons (Fsp3) is 0.261. The average Bonchev–Trinajstić information content (AvgIpc) is 2.78. The van der Waals surface area contributed by atoms with Crippen LogP contribution in [0.5, 0.6) is 0 Å². The van der Waals surface area contributed by atoms with Crippen molar-refractivity contribution in [2.75, 3.05) is 16.9 Å². The summed E-state index contributed by atoms with van der Waals surface area (Å²) in [6, 6.07) is 14.4. The van der Waals surface area contributed by atoms with Crippen LogP contribution < -0.4 is 21.9 Å². The zero-order valence-corrected chi connectivity index (χ0v) is 19.3. The number of nitrogens with one attached hydrogen (secondary N) is 1. The van der Waals surface area contributed by atoms with Gasteiger partial charge in [-0.25, -0.2) is 13.2 Å². The highest BCUT2D eigenvalue weighted by molar-refractivity contribution is 7.90. The van der Waals surface area contributed by atoms with Gasteiger partial charge in [0.15, 0.2) is 15.5 Å². The largest absolute Gasteiger partial charge is 0.383 e. The summed E-state index contributed by atoms with van der Waals surface area (Å²) in [5.74, 6) is -0.661. The molecule has 0 aliphatic carbocycles. The summed E-state index contributed by atoms with van der Waals surface area (Å²) in [4.78, 5) is 42.2. The maximum Gasteiger partial charge on any atom is 0.330 e. The summed E-state index contributed by atoms with van der Waals surface area (Å²) in [6.07, 6.45) is 2.54. The third kappa shape index (κ3) is 5.40. The molecule has 33 heavy (non-hydrogen) atoms. The van der Waals surface area contributed by atoms with Gasteiger partial charge in [0.25, 0.3) is 11.5 Å². The van der Waals surface area contributed by atoms with E-state index in [4.69, 9.17) is 5.73 Å². The summed E-state index contributed by atoms with van der Waals surface area (Å²) in [5, 5.41) is 0. The van der Waals surface area contributed by atoms with Gasteiger partial charge in [0.1, 0.15) is 5.82 Å². The second kappa shape index (κ2) is 9.86. The minimum atomic E-state index is -3.44. The molecule has 9 nitrogen and oxygen atoms in total. The van der Waals surface area contributed by atoms with E-state index in [9.17, 15) is 22.8 Å². The number of aromatic amines is 1. The minimum absolute atomic E-state index is 0.0206. The molecule has 0 radical (unpaired) electrons. The molecule has 174 valence electrons. The number of benzene rings is 2. The molecule has 0 spiro atoms. The molecule has 2 aromatic carbocycles. The zero-order valence-electron chi connectivity index (χ0n) is 18.4. The van der Waals surface area contributed by atoms with E-state index in [1.165, 1.54) is 33.7 Å². The van der Waals surface area contributed by atoms with Crippen molar-refractivity contribution in [2.45, 2.75) is 37.8 Å². The van der Waals surface area contributed by atoms with E-state index in [1.807, 2.05) is 13.0 Å². The third-order valence-corrected chi connectivity index (χ3v) is 6.31. The summed E-state index contributed by atoms with van der Waals surface area (Å²) in [6.45, 7) is 2.27. The van der Waals surface area contributed by atoms with Crippen LogP contribution in [-0.4, -0.2) is 30.1 Å². The van der Waals surface area contributed by atoms with Gasteiger partial charge in [0.2, 0.25) is 0 Å². The number of nitrogen functional groups attached to an aromatic ring is 1. The van der Waals surface area contributed by atoms with E-state index in [1.54, 1.807) is 24.3 Å². The Morgan fingerprint density at radius 2 is 1.70 bits per heavy atom. The number of carbonyl (C=O) groups is 1. The Kier molecular flexibility index (Phi) is 7.17. The number of H-pyrrole nitrogens is 1. The van der Waals surface area contributed by atoms with E-state index in [0.29, 0.717) is 13.0 Å². The van der Waals surface area contributed by atoms with Gasteiger partial charge < -0.3 is 5.73 Å². The standard InChI is InChI=1S/C23H26N4O5S/c1-3-4-14-26-20(24)19(21(28)25-23(26)30)27(15-16-8-6-5-7-9-16)22(29)17-10-12-18(13-11-17)33(2,31)32/h5-13H,3-4,14-15,24H2,1-2H3,(H,25,28,30). The summed E-state index contributed by atoms with van der Waals surface area (Å²) in [7, 11) is -3.44. The highest BCUT2D eigenvalue weighted by Gasteiger charge is 2.26. The Bertz CT molecular complexity index is 1360. The second-order valence-corrected chi connectivity index (χ2v) is 9.69. The maximum atomic E-state index is 13.5. The van der Waals surface area contributed by atoms with Crippen molar-refractivity contribution in [3.05, 3.63) is 86.6 Å². The van der Waals surface area contributed by atoms with Gasteiger partial charge in [-0.05, 0) is 36.2 Å². The Balaban J connectivity index is 2.14. The number of hydrogen-bond donors (Lipinski definition) is 2. The molecule has 0 saturated heterocycles. The van der Waals surface area contributed by atoms with Crippen LogP contribution in [0.3, 0.4) is 0 Å². The maximum absolute atomic E-state index is 13.5. The Labute approximate surface area is 191 Å². The number of rotatable bonds is 8. The van der Waals surface area contributed by atoms with E-state index in [-0.39, 0.29) is 28.5 Å². The van der Waals surface area contributed by atoms with Crippen LogP contribution >= 0.6 is 0 Å². The number of sulfone groups is 1. The Hall–Kier alpha value is -3.66. The number of anilines is 2. The van der Waals surface area contributed by atoms with Crippen molar-refractivity contribution in [3.63, 3.8) is 0 Å². The van der Waals surface area contributed by atoms with Crippen molar-refractivity contribution in [1.82, 2.24) is 9.55 Å². The predicted octanol–water partition coefficient (Wildman–Crippen LogP) is 2.17. The molecule has 1 amide bonds.